The molecular weight excluding hydrogens is 377 g/mol. The van der Waals surface area contributed by atoms with E-state index in [0.717, 1.165) is 31.8 Å². The summed E-state index contributed by atoms with van der Waals surface area (Å²) >= 11 is 0. The first-order valence-electron chi connectivity index (χ1n) is 7.47. The van der Waals surface area contributed by atoms with E-state index in [0.29, 0.717) is 5.96 Å². The Morgan fingerprint density at radius 1 is 1.24 bits per heavy atom. The van der Waals surface area contributed by atoms with Crippen LogP contribution in [0.4, 0.5) is 0 Å². The van der Waals surface area contributed by atoms with Crippen LogP contribution >= 0.6 is 24.0 Å². The van der Waals surface area contributed by atoms with E-state index in [9.17, 15) is 0 Å². The van der Waals surface area contributed by atoms with Gasteiger partial charge in [-0.15, -0.1) is 24.0 Å². The molecule has 0 atom stereocenters. The molecule has 0 spiro atoms. The third-order valence-electron chi connectivity index (χ3n) is 3.74. The minimum atomic E-state index is 0. The van der Waals surface area contributed by atoms with Gasteiger partial charge in [0.25, 0.3) is 0 Å². The molecule has 4 nitrogen and oxygen atoms in total. The molecule has 1 aliphatic rings. The second-order valence-electron chi connectivity index (χ2n) is 5.24. The van der Waals surface area contributed by atoms with E-state index in [1.165, 1.54) is 31.2 Å². The van der Waals surface area contributed by atoms with Crippen molar-refractivity contribution in [3.63, 3.8) is 0 Å². The monoisotopic (exact) mass is 403 g/mol. The van der Waals surface area contributed by atoms with E-state index in [1.54, 1.807) is 7.11 Å². The highest BCUT2D eigenvalue weighted by atomic mass is 127. The average molecular weight is 403 g/mol. The van der Waals surface area contributed by atoms with Crippen LogP contribution in [0.1, 0.15) is 31.2 Å². The van der Waals surface area contributed by atoms with E-state index in [4.69, 9.17) is 10.5 Å². The van der Waals surface area contributed by atoms with Crippen LogP contribution in [-0.2, 0) is 6.42 Å². The second-order valence-corrected chi connectivity index (χ2v) is 5.24. The molecule has 0 saturated carbocycles. The summed E-state index contributed by atoms with van der Waals surface area (Å²) in [7, 11) is 1.69. The van der Waals surface area contributed by atoms with Crippen LogP contribution in [0.15, 0.2) is 29.3 Å². The van der Waals surface area contributed by atoms with Crippen molar-refractivity contribution in [1.82, 2.24) is 4.90 Å². The van der Waals surface area contributed by atoms with E-state index < -0.39 is 0 Å². The molecule has 0 unspecified atom stereocenters. The molecule has 1 fully saturated rings. The van der Waals surface area contributed by atoms with Crippen molar-refractivity contribution in [2.75, 3.05) is 26.7 Å². The van der Waals surface area contributed by atoms with Crippen LogP contribution in [0.2, 0.25) is 0 Å². The van der Waals surface area contributed by atoms with Crippen LogP contribution in [0, 0.1) is 0 Å². The van der Waals surface area contributed by atoms with Gasteiger partial charge in [-0.3, -0.25) is 4.99 Å². The van der Waals surface area contributed by atoms with Gasteiger partial charge in [-0.2, -0.15) is 0 Å². The Hall–Kier alpha value is -0.980. The average Bonchev–Trinajstić information content (AvgIpc) is 2.76. The SMILES string of the molecule is COc1cccc(CCN=C(N)N2CCCCCC2)c1.I. The number of halogens is 1. The second kappa shape index (κ2) is 9.87. The van der Waals surface area contributed by atoms with Gasteiger partial charge in [0.1, 0.15) is 5.75 Å². The zero-order valence-corrected chi connectivity index (χ0v) is 15.1. The highest BCUT2D eigenvalue weighted by Gasteiger charge is 2.10. The quantitative estimate of drug-likeness (QED) is 0.478. The van der Waals surface area contributed by atoms with Crippen molar-refractivity contribution in [3.8, 4) is 5.75 Å². The minimum Gasteiger partial charge on any atom is -0.497 e. The van der Waals surface area contributed by atoms with Crippen molar-refractivity contribution in [2.45, 2.75) is 32.1 Å². The first-order chi connectivity index (χ1) is 9.79. The number of benzene rings is 1. The van der Waals surface area contributed by atoms with E-state index in [1.807, 2.05) is 12.1 Å². The van der Waals surface area contributed by atoms with E-state index in [2.05, 4.69) is 22.0 Å². The molecule has 0 radical (unpaired) electrons. The van der Waals surface area contributed by atoms with Crippen molar-refractivity contribution < 1.29 is 4.74 Å². The summed E-state index contributed by atoms with van der Waals surface area (Å²) < 4.78 is 5.22. The Morgan fingerprint density at radius 2 is 1.95 bits per heavy atom. The molecule has 1 saturated heterocycles. The molecule has 1 aromatic rings. The van der Waals surface area contributed by atoms with Gasteiger partial charge in [-0.05, 0) is 37.0 Å². The summed E-state index contributed by atoms with van der Waals surface area (Å²) in [4.78, 5) is 6.74. The predicted molar refractivity (Wildman–Crippen MR) is 98.6 cm³/mol. The molecule has 21 heavy (non-hydrogen) atoms. The minimum absolute atomic E-state index is 0. The van der Waals surface area contributed by atoms with Crippen molar-refractivity contribution in [2.24, 2.45) is 10.7 Å². The Bertz CT molecular complexity index is 443. The predicted octanol–water partition coefficient (Wildman–Crippen LogP) is 3.05. The number of aliphatic imine (C=N–C) groups is 1. The summed E-state index contributed by atoms with van der Waals surface area (Å²) in [6.07, 6.45) is 5.98. The number of nitrogens with zero attached hydrogens (tertiary/aromatic N) is 2. The van der Waals surface area contributed by atoms with Gasteiger partial charge in [0, 0.05) is 19.6 Å². The Balaban J connectivity index is 0.00000220. The highest BCUT2D eigenvalue weighted by Crippen LogP contribution is 2.13. The maximum Gasteiger partial charge on any atom is 0.191 e. The van der Waals surface area contributed by atoms with Gasteiger partial charge in [-0.1, -0.05) is 25.0 Å². The standard InChI is InChI=1S/C16H25N3O.HI/c1-20-15-8-6-7-14(13-15)9-10-18-16(17)19-11-4-2-3-5-12-19;/h6-8,13H,2-5,9-12H2,1H3,(H2,17,18);1H. The topological polar surface area (TPSA) is 50.9 Å². The lowest BCUT2D eigenvalue weighted by Crippen LogP contribution is -2.38. The lowest BCUT2D eigenvalue weighted by Gasteiger charge is -2.21. The van der Waals surface area contributed by atoms with Crippen LogP contribution in [0.5, 0.6) is 5.75 Å². The lowest BCUT2D eigenvalue weighted by atomic mass is 10.1. The molecule has 0 aromatic heterocycles. The fraction of sp³-hybridized carbons (Fsp3) is 0.562. The maximum atomic E-state index is 6.09. The molecule has 1 aromatic carbocycles. The molecule has 0 amide bonds. The first kappa shape index (κ1) is 18.1. The number of hydrogen-bond acceptors (Lipinski definition) is 2. The molecular formula is C16H26IN3O. The molecule has 118 valence electrons. The Labute approximate surface area is 144 Å². The summed E-state index contributed by atoms with van der Waals surface area (Å²) in [5, 5.41) is 0. The summed E-state index contributed by atoms with van der Waals surface area (Å²) in [6.45, 7) is 2.83. The number of nitrogens with two attached hydrogens (primary N) is 1. The highest BCUT2D eigenvalue weighted by molar-refractivity contribution is 14.0. The van der Waals surface area contributed by atoms with Crippen molar-refractivity contribution >= 4 is 29.9 Å². The Morgan fingerprint density at radius 3 is 2.62 bits per heavy atom. The molecule has 1 aliphatic heterocycles. The van der Waals surface area contributed by atoms with Gasteiger partial charge >= 0.3 is 0 Å². The normalized spacial score (nSPS) is 16.0. The molecule has 0 bridgehead atoms. The zero-order valence-electron chi connectivity index (χ0n) is 12.8. The van der Waals surface area contributed by atoms with Crippen molar-refractivity contribution in [1.29, 1.82) is 0 Å². The van der Waals surface area contributed by atoms with Gasteiger partial charge in [0.2, 0.25) is 0 Å². The maximum absolute atomic E-state index is 6.09. The number of rotatable bonds is 4. The molecule has 2 rings (SSSR count). The largest absolute Gasteiger partial charge is 0.497 e. The fourth-order valence-corrected chi connectivity index (χ4v) is 2.53. The molecule has 0 aliphatic carbocycles. The third kappa shape index (κ3) is 6.11. The van der Waals surface area contributed by atoms with Gasteiger partial charge < -0.3 is 15.4 Å². The summed E-state index contributed by atoms with van der Waals surface area (Å²) in [5.74, 6) is 1.60. The van der Waals surface area contributed by atoms with E-state index >= 15 is 0 Å². The smallest absolute Gasteiger partial charge is 0.191 e. The molecule has 5 heteroatoms. The molecule has 2 N–H and O–H groups in total. The number of hydrogen-bond donors (Lipinski definition) is 1. The van der Waals surface area contributed by atoms with Crippen LogP contribution in [0.25, 0.3) is 0 Å². The number of guanidine groups is 1. The summed E-state index contributed by atoms with van der Waals surface area (Å²) in [6, 6.07) is 8.12. The number of methoxy groups -OCH3 is 1. The van der Waals surface area contributed by atoms with Crippen LogP contribution in [-0.4, -0.2) is 37.6 Å². The van der Waals surface area contributed by atoms with Crippen LogP contribution in [0.3, 0.4) is 0 Å². The number of ether oxygens (including phenoxy) is 1. The van der Waals surface area contributed by atoms with Gasteiger partial charge in [-0.25, -0.2) is 0 Å². The van der Waals surface area contributed by atoms with Crippen LogP contribution < -0.4 is 10.5 Å². The zero-order chi connectivity index (χ0) is 14.2. The Kier molecular flexibility index (Phi) is 8.49. The molecule has 1 heterocycles. The lowest BCUT2D eigenvalue weighted by molar-refractivity contribution is 0.414. The van der Waals surface area contributed by atoms with Gasteiger partial charge in [0.15, 0.2) is 5.96 Å². The van der Waals surface area contributed by atoms with E-state index in [-0.39, 0.29) is 24.0 Å². The van der Waals surface area contributed by atoms with Crippen molar-refractivity contribution in [3.05, 3.63) is 29.8 Å². The van der Waals surface area contributed by atoms with Gasteiger partial charge in [0.05, 0.1) is 7.11 Å². The third-order valence-corrected chi connectivity index (χ3v) is 3.74. The first-order valence-corrected chi connectivity index (χ1v) is 7.47. The number of likely N-dealkylation sites (tertiary alicyclic amines) is 1. The fourth-order valence-electron chi connectivity index (χ4n) is 2.53. The summed E-state index contributed by atoms with van der Waals surface area (Å²) in [5.41, 5.74) is 7.32.